The molecule has 0 aromatic heterocycles. The second-order valence-electron chi connectivity index (χ2n) is 8.56. The van der Waals surface area contributed by atoms with Crippen LogP contribution in [0.3, 0.4) is 0 Å². The van der Waals surface area contributed by atoms with Gasteiger partial charge in [0.05, 0.1) is 11.8 Å². The van der Waals surface area contributed by atoms with Crippen molar-refractivity contribution in [1.82, 2.24) is 4.90 Å². The monoisotopic (exact) mass is 400 g/mol. The molecule has 1 saturated carbocycles. The Labute approximate surface area is 175 Å². The van der Waals surface area contributed by atoms with Crippen molar-refractivity contribution < 1.29 is 14.4 Å². The third-order valence-corrected chi connectivity index (χ3v) is 6.79. The van der Waals surface area contributed by atoms with Crippen LogP contribution in [0.1, 0.15) is 17.5 Å². The zero-order valence-electron chi connectivity index (χ0n) is 16.8. The maximum Gasteiger partial charge on any atom is 0.248 e. The van der Waals surface area contributed by atoms with Gasteiger partial charge < -0.3 is 5.32 Å². The van der Waals surface area contributed by atoms with Crippen LogP contribution >= 0.6 is 0 Å². The summed E-state index contributed by atoms with van der Waals surface area (Å²) >= 11 is 0. The summed E-state index contributed by atoms with van der Waals surface area (Å²) in [7, 11) is 0. The lowest BCUT2D eigenvalue weighted by Gasteiger charge is -2.27. The van der Waals surface area contributed by atoms with Crippen LogP contribution in [0.2, 0.25) is 0 Å². The molecule has 2 aromatic rings. The van der Waals surface area contributed by atoms with Crippen LogP contribution in [-0.4, -0.2) is 28.7 Å². The minimum Gasteiger partial charge on any atom is -0.324 e. The van der Waals surface area contributed by atoms with Crippen LogP contribution < -0.4 is 5.32 Å². The largest absolute Gasteiger partial charge is 0.324 e. The number of nitrogens with zero attached hydrogens (tertiary/aromatic N) is 1. The summed E-state index contributed by atoms with van der Waals surface area (Å²) < 4.78 is 0. The van der Waals surface area contributed by atoms with Gasteiger partial charge in [0.1, 0.15) is 6.04 Å². The summed E-state index contributed by atoms with van der Waals surface area (Å²) in [6, 6.07) is 16.2. The van der Waals surface area contributed by atoms with Crippen molar-refractivity contribution in [1.29, 1.82) is 0 Å². The van der Waals surface area contributed by atoms with Crippen molar-refractivity contribution in [2.24, 2.45) is 23.7 Å². The van der Waals surface area contributed by atoms with Crippen molar-refractivity contribution in [2.75, 3.05) is 5.32 Å². The number of hydrogen-bond donors (Lipinski definition) is 1. The second kappa shape index (κ2) is 7.24. The SMILES string of the molecule is Cc1ccccc1NC(=O)C(Cc1ccccc1)N1C(=O)C2C3C=CC(C3)C2C1=O. The zero-order chi connectivity index (χ0) is 20.8. The number of carbonyl (C=O) groups is 3. The predicted octanol–water partition coefficient (Wildman–Crippen LogP) is 3.35. The number of benzene rings is 2. The predicted molar refractivity (Wildman–Crippen MR) is 113 cm³/mol. The number of imide groups is 1. The summed E-state index contributed by atoms with van der Waals surface area (Å²) in [5.74, 6) is -1.08. The molecule has 2 aromatic carbocycles. The highest BCUT2D eigenvalue weighted by Gasteiger charge is 2.61. The molecular weight excluding hydrogens is 376 g/mol. The molecule has 5 unspecified atom stereocenters. The topological polar surface area (TPSA) is 66.5 Å². The van der Waals surface area contributed by atoms with Gasteiger partial charge in [0, 0.05) is 12.1 Å². The summed E-state index contributed by atoms with van der Waals surface area (Å²) in [6.45, 7) is 1.92. The van der Waals surface area contributed by atoms with Crippen LogP contribution in [-0.2, 0) is 20.8 Å². The fourth-order valence-corrected chi connectivity index (χ4v) is 5.30. The molecule has 5 heteroatoms. The molecule has 0 radical (unpaired) electrons. The molecule has 2 aliphatic carbocycles. The van der Waals surface area contributed by atoms with E-state index >= 15 is 0 Å². The van der Waals surface area contributed by atoms with Gasteiger partial charge in [-0.15, -0.1) is 0 Å². The molecule has 2 fully saturated rings. The molecular formula is C25H24N2O3. The van der Waals surface area contributed by atoms with Crippen molar-refractivity contribution in [3.63, 3.8) is 0 Å². The average Bonchev–Trinajstić information content (AvgIpc) is 3.43. The van der Waals surface area contributed by atoms with Crippen LogP contribution in [0.25, 0.3) is 0 Å². The maximum absolute atomic E-state index is 13.4. The highest BCUT2D eigenvalue weighted by molar-refractivity contribution is 6.11. The molecule has 2 bridgehead atoms. The first-order valence-corrected chi connectivity index (χ1v) is 10.5. The number of rotatable bonds is 5. The quantitative estimate of drug-likeness (QED) is 0.618. The lowest BCUT2D eigenvalue weighted by atomic mass is 9.85. The molecule has 0 spiro atoms. The Morgan fingerprint density at radius 1 is 0.967 bits per heavy atom. The molecule has 3 aliphatic rings. The molecule has 30 heavy (non-hydrogen) atoms. The summed E-state index contributed by atoms with van der Waals surface area (Å²) in [6.07, 6.45) is 5.32. The van der Waals surface area contributed by atoms with Crippen molar-refractivity contribution >= 4 is 23.4 Å². The van der Waals surface area contributed by atoms with Gasteiger partial charge in [0.15, 0.2) is 0 Å². The van der Waals surface area contributed by atoms with Gasteiger partial charge in [-0.05, 0) is 42.4 Å². The lowest BCUT2D eigenvalue weighted by molar-refractivity contribution is -0.147. The Hall–Kier alpha value is -3.21. The second-order valence-corrected chi connectivity index (χ2v) is 8.56. The molecule has 1 heterocycles. The van der Waals surface area contributed by atoms with Gasteiger partial charge >= 0.3 is 0 Å². The smallest absolute Gasteiger partial charge is 0.248 e. The fourth-order valence-electron chi connectivity index (χ4n) is 5.30. The summed E-state index contributed by atoms with van der Waals surface area (Å²) in [5.41, 5.74) is 2.55. The van der Waals surface area contributed by atoms with Gasteiger partial charge in [-0.1, -0.05) is 60.7 Å². The number of aryl methyl sites for hydroxylation is 1. The number of likely N-dealkylation sites (tertiary alicyclic amines) is 1. The van der Waals surface area contributed by atoms with Crippen LogP contribution in [0.4, 0.5) is 5.69 Å². The molecule has 1 saturated heterocycles. The fraction of sp³-hybridized carbons (Fsp3) is 0.320. The normalized spacial score (nSPS) is 27.4. The number of allylic oxidation sites excluding steroid dienone is 2. The Bertz CT molecular complexity index is 1020. The standard InChI is InChI=1S/C25H24N2O3/c1-15-7-5-6-10-19(15)26-23(28)20(13-16-8-3-2-4-9-16)27-24(29)21-17-11-12-18(14-17)22(21)25(27)30/h2-12,17-18,20-22H,13-14H2,1H3,(H,26,28). The number of fused-ring (bicyclic) bond motifs is 5. The van der Waals surface area contributed by atoms with E-state index in [4.69, 9.17) is 0 Å². The van der Waals surface area contributed by atoms with Crippen LogP contribution in [0.15, 0.2) is 66.7 Å². The molecule has 5 rings (SSSR count). The molecule has 1 aliphatic heterocycles. The van der Waals surface area contributed by atoms with Crippen molar-refractivity contribution in [3.05, 3.63) is 77.9 Å². The zero-order valence-corrected chi connectivity index (χ0v) is 16.8. The van der Waals surface area contributed by atoms with E-state index in [0.717, 1.165) is 17.5 Å². The van der Waals surface area contributed by atoms with Gasteiger partial charge in [0.2, 0.25) is 17.7 Å². The van der Waals surface area contributed by atoms with E-state index in [0.29, 0.717) is 12.1 Å². The molecule has 5 nitrogen and oxygen atoms in total. The minimum atomic E-state index is -0.864. The van der Waals surface area contributed by atoms with E-state index < -0.39 is 6.04 Å². The molecule has 5 atom stereocenters. The van der Waals surface area contributed by atoms with E-state index in [9.17, 15) is 14.4 Å². The minimum absolute atomic E-state index is 0.123. The first kappa shape index (κ1) is 18.8. The van der Waals surface area contributed by atoms with E-state index in [-0.39, 0.29) is 41.4 Å². The van der Waals surface area contributed by atoms with Crippen molar-refractivity contribution in [3.8, 4) is 0 Å². The third kappa shape index (κ3) is 2.96. The van der Waals surface area contributed by atoms with Gasteiger partial charge in [0.25, 0.3) is 0 Å². The number of anilines is 1. The maximum atomic E-state index is 13.4. The van der Waals surface area contributed by atoms with Gasteiger partial charge in [-0.2, -0.15) is 0 Å². The average molecular weight is 400 g/mol. The van der Waals surface area contributed by atoms with E-state index in [1.807, 2.05) is 61.5 Å². The Balaban J connectivity index is 1.47. The van der Waals surface area contributed by atoms with Crippen molar-refractivity contribution in [2.45, 2.75) is 25.8 Å². The molecule has 1 N–H and O–H groups in total. The molecule has 152 valence electrons. The number of hydrogen-bond acceptors (Lipinski definition) is 3. The highest BCUT2D eigenvalue weighted by atomic mass is 16.2. The first-order valence-electron chi connectivity index (χ1n) is 10.5. The van der Waals surface area contributed by atoms with E-state index in [1.165, 1.54) is 4.90 Å². The van der Waals surface area contributed by atoms with Crippen LogP contribution in [0, 0.1) is 30.6 Å². The summed E-state index contributed by atoms with van der Waals surface area (Å²) in [4.78, 5) is 41.3. The van der Waals surface area contributed by atoms with E-state index in [1.54, 1.807) is 0 Å². The van der Waals surface area contributed by atoms with Gasteiger partial charge in [-0.25, -0.2) is 0 Å². The third-order valence-electron chi connectivity index (χ3n) is 6.79. The number of amides is 3. The first-order chi connectivity index (χ1) is 14.5. The number of para-hydroxylation sites is 1. The Morgan fingerprint density at radius 2 is 1.57 bits per heavy atom. The Kier molecular flexibility index (Phi) is 4.54. The number of nitrogens with one attached hydrogen (secondary N) is 1. The van der Waals surface area contributed by atoms with Crippen LogP contribution in [0.5, 0.6) is 0 Å². The van der Waals surface area contributed by atoms with E-state index in [2.05, 4.69) is 17.5 Å². The Morgan fingerprint density at radius 3 is 2.20 bits per heavy atom. The lowest BCUT2D eigenvalue weighted by Crippen LogP contribution is -2.49. The molecule has 3 amide bonds. The van der Waals surface area contributed by atoms with Gasteiger partial charge in [-0.3, -0.25) is 19.3 Å². The summed E-state index contributed by atoms with van der Waals surface area (Å²) in [5, 5.41) is 2.95. The number of carbonyl (C=O) groups excluding carboxylic acids is 3. The highest BCUT2D eigenvalue weighted by Crippen LogP contribution is 2.53.